The predicted molar refractivity (Wildman–Crippen MR) is 40.4 cm³/mol. The van der Waals surface area contributed by atoms with Gasteiger partial charge in [0, 0.05) is 12.5 Å². The van der Waals surface area contributed by atoms with Gasteiger partial charge in [-0.25, -0.2) is 4.79 Å². The number of halogens is 3. The Balaban J connectivity index is 1.85. The van der Waals surface area contributed by atoms with Crippen molar-refractivity contribution in [3.05, 3.63) is 0 Å². The van der Waals surface area contributed by atoms with E-state index in [0.29, 0.717) is 18.9 Å². The molecule has 1 N–H and O–H groups in total. The van der Waals surface area contributed by atoms with Gasteiger partial charge in [-0.2, -0.15) is 13.2 Å². The summed E-state index contributed by atoms with van der Waals surface area (Å²) < 4.78 is 39.8. The number of fused-ring (bicyclic) bond motifs is 1. The molecule has 14 heavy (non-hydrogen) atoms. The summed E-state index contributed by atoms with van der Waals surface area (Å²) in [5.41, 5.74) is 0. The third kappa shape index (κ3) is 1.58. The minimum absolute atomic E-state index is 0.0845. The zero-order valence-corrected chi connectivity index (χ0v) is 7.30. The van der Waals surface area contributed by atoms with E-state index in [0.717, 1.165) is 6.54 Å². The van der Waals surface area contributed by atoms with Gasteiger partial charge in [-0.3, -0.25) is 0 Å². The van der Waals surface area contributed by atoms with Crippen LogP contribution in [0.4, 0.5) is 13.2 Å². The van der Waals surface area contributed by atoms with Gasteiger partial charge >= 0.3 is 12.1 Å². The van der Waals surface area contributed by atoms with Crippen LogP contribution in [0.1, 0.15) is 6.42 Å². The van der Waals surface area contributed by atoms with E-state index < -0.39 is 18.2 Å². The molecular formula is C8H10F3NO2. The summed E-state index contributed by atoms with van der Waals surface area (Å²) in [6, 6.07) is 0. The lowest BCUT2D eigenvalue weighted by molar-refractivity contribution is -0.213. The molecule has 1 aliphatic heterocycles. The van der Waals surface area contributed by atoms with Crippen LogP contribution in [0.3, 0.4) is 0 Å². The fourth-order valence-electron chi connectivity index (χ4n) is 2.06. The van der Waals surface area contributed by atoms with E-state index in [9.17, 15) is 18.0 Å². The van der Waals surface area contributed by atoms with Gasteiger partial charge in [-0.15, -0.1) is 0 Å². The monoisotopic (exact) mass is 209 g/mol. The molecule has 80 valence electrons. The number of nitrogens with one attached hydrogen (secondary N) is 1. The summed E-state index contributed by atoms with van der Waals surface area (Å²) in [6.07, 6.45) is -4.85. The molecule has 1 heterocycles. The van der Waals surface area contributed by atoms with Gasteiger partial charge in [0.05, 0.1) is 0 Å². The molecule has 0 aromatic carbocycles. The highest BCUT2D eigenvalue weighted by atomic mass is 19.4. The summed E-state index contributed by atoms with van der Waals surface area (Å²) in [7, 11) is 0. The normalized spacial score (nSPS) is 36.1. The molecule has 2 rings (SSSR count). The Hall–Kier alpha value is -0.780. The van der Waals surface area contributed by atoms with Crippen LogP contribution in [0.5, 0.6) is 0 Å². The summed E-state index contributed by atoms with van der Waals surface area (Å²) in [5, 5.41) is 3.05. The van der Waals surface area contributed by atoms with E-state index in [4.69, 9.17) is 0 Å². The Morgan fingerprint density at radius 1 is 1.36 bits per heavy atom. The average Bonchev–Trinajstić information content (AvgIpc) is 2.40. The lowest BCUT2D eigenvalue weighted by Crippen LogP contribution is -2.45. The maximum absolute atomic E-state index is 11.8. The summed E-state index contributed by atoms with van der Waals surface area (Å²) in [5.74, 6) is -1.59. The van der Waals surface area contributed by atoms with Crippen LogP contribution < -0.4 is 5.32 Å². The minimum Gasteiger partial charge on any atom is -0.455 e. The highest BCUT2D eigenvalue weighted by Crippen LogP contribution is 2.40. The van der Waals surface area contributed by atoms with E-state index in [1.165, 1.54) is 0 Å². The molecule has 2 aliphatic rings. The zero-order chi connectivity index (χ0) is 10.3. The number of rotatable bonds is 1. The molecule has 0 bridgehead atoms. The van der Waals surface area contributed by atoms with Gasteiger partial charge in [0.25, 0.3) is 0 Å². The fourth-order valence-corrected chi connectivity index (χ4v) is 2.06. The van der Waals surface area contributed by atoms with Crippen molar-refractivity contribution in [1.82, 2.24) is 5.32 Å². The van der Waals surface area contributed by atoms with Crippen LogP contribution in [0.15, 0.2) is 0 Å². The van der Waals surface area contributed by atoms with Crippen LogP contribution in [0, 0.1) is 11.8 Å². The van der Waals surface area contributed by atoms with Crippen molar-refractivity contribution in [3.8, 4) is 0 Å². The Morgan fingerprint density at radius 3 is 2.64 bits per heavy atom. The summed E-state index contributed by atoms with van der Waals surface area (Å²) >= 11 is 0. The standard InChI is InChI=1S/C8H10F3NO2/c9-8(10,11)7(13)14-6-1-4-2-12-3-5(4)6/h4-6,12H,1-3H2/t4-,5+,6-/m0/s1. The zero-order valence-electron chi connectivity index (χ0n) is 7.30. The summed E-state index contributed by atoms with van der Waals surface area (Å²) in [4.78, 5) is 10.5. The first-order valence-electron chi connectivity index (χ1n) is 4.47. The number of hydrogen-bond donors (Lipinski definition) is 1. The summed E-state index contributed by atoms with van der Waals surface area (Å²) in [6.45, 7) is 1.48. The first kappa shape index (κ1) is 9.76. The Bertz CT molecular complexity index is 253. The third-order valence-corrected chi connectivity index (χ3v) is 2.89. The molecule has 0 radical (unpaired) electrons. The number of esters is 1. The molecule has 3 nitrogen and oxygen atoms in total. The Labute approximate surface area is 78.6 Å². The van der Waals surface area contributed by atoms with E-state index in [-0.39, 0.29) is 5.92 Å². The molecule has 0 unspecified atom stereocenters. The number of carbonyl (C=O) groups is 1. The molecule has 1 saturated heterocycles. The highest BCUT2D eigenvalue weighted by molar-refractivity contribution is 5.75. The predicted octanol–water partition coefficient (Wildman–Crippen LogP) is 0.700. The second kappa shape index (κ2) is 3.12. The molecule has 2 fully saturated rings. The van der Waals surface area contributed by atoms with Crippen LogP contribution in [0.25, 0.3) is 0 Å². The minimum atomic E-state index is -4.86. The van der Waals surface area contributed by atoms with Crippen molar-refractivity contribution in [2.24, 2.45) is 11.8 Å². The van der Waals surface area contributed by atoms with Gasteiger partial charge in [-0.1, -0.05) is 0 Å². The second-order valence-corrected chi connectivity index (χ2v) is 3.76. The maximum Gasteiger partial charge on any atom is 0.490 e. The topological polar surface area (TPSA) is 38.3 Å². The number of alkyl halides is 3. The molecule has 1 saturated carbocycles. The van der Waals surface area contributed by atoms with Gasteiger partial charge in [0.15, 0.2) is 0 Å². The van der Waals surface area contributed by atoms with Gasteiger partial charge in [0.1, 0.15) is 6.10 Å². The SMILES string of the molecule is O=C(O[C@H]1C[C@H]2CNC[C@H]21)C(F)(F)F. The van der Waals surface area contributed by atoms with Crippen LogP contribution in [-0.4, -0.2) is 31.3 Å². The highest BCUT2D eigenvalue weighted by Gasteiger charge is 2.50. The van der Waals surface area contributed by atoms with Crippen LogP contribution in [-0.2, 0) is 9.53 Å². The van der Waals surface area contributed by atoms with Crippen molar-refractivity contribution in [1.29, 1.82) is 0 Å². The van der Waals surface area contributed by atoms with E-state index in [1.807, 2.05) is 0 Å². The van der Waals surface area contributed by atoms with Gasteiger partial charge in [-0.05, 0) is 18.9 Å². The molecule has 0 aromatic heterocycles. The second-order valence-electron chi connectivity index (χ2n) is 3.76. The molecule has 0 amide bonds. The first-order valence-corrected chi connectivity index (χ1v) is 4.47. The fraction of sp³-hybridized carbons (Fsp3) is 0.875. The number of carbonyl (C=O) groups excluding carboxylic acids is 1. The number of ether oxygens (including phenoxy) is 1. The average molecular weight is 209 g/mol. The molecule has 0 spiro atoms. The van der Waals surface area contributed by atoms with E-state index in [1.54, 1.807) is 0 Å². The van der Waals surface area contributed by atoms with Crippen molar-refractivity contribution in [2.75, 3.05) is 13.1 Å². The smallest absolute Gasteiger partial charge is 0.455 e. The van der Waals surface area contributed by atoms with E-state index in [2.05, 4.69) is 10.1 Å². The molecule has 1 aliphatic carbocycles. The Kier molecular flexibility index (Phi) is 2.17. The molecule has 6 heteroatoms. The van der Waals surface area contributed by atoms with Crippen LogP contribution >= 0.6 is 0 Å². The van der Waals surface area contributed by atoms with Gasteiger partial charge in [0.2, 0.25) is 0 Å². The van der Waals surface area contributed by atoms with Gasteiger partial charge < -0.3 is 10.1 Å². The van der Waals surface area contributed by atoms with E-state index >= 15 is 0 Å². The molecule has 3 atom stereocenters. The first-order chi connectivity index (χ1) is 6.48. The van der Waals surface area contributed by atoms with Crippen molar-refractivity contribution in [3.63, 3.8) is 0 Å². The molecular weight excluding hydrogens is 199 g/mol. The largest absolute Gasteiger partial charge is 0.490 e. The van der Waals surface area contributed by atoms with Crippen molar-refractivity contribution in [2.45, 2.75) is 18.7 Å². The third-order valence-electron chi connectivity index (χ3n) is 2.89. The van der Waals surface area contributed by atoms with Crippen molar-refractivity contribution < 1.29 is 22.7 Å². The lowest BCUT2D eigenvalue weighted by Gasteiger charge is -2.38. The maximum atomic E-state index is 11.8. The Morgan fingerprint density at radius 2 is 2.07 bits per heavy atom. The van der Waals surface area contributed by atoms with Crippen molar-refractivity contribution >= 4 is 5.97 Å². The van der Waals surface area contributed by atoms with Crippen LogP contribution in [0.2, 0.25) is 0 Å². The number of hydrogen-bond acceptors (Lipinski definition) is 3. The quantitative estimate of drug-likeness (QED) is 0.646. The molecule has 0 aromatic rings. The lowest BCUT2D eigenvalue weighted by atomic mass is 9.73.